The number of likely N-dealkylation sites (tertiary alicyclic amines) is 1. The van der Waals surface area contributed by atoms with Crippen molar-refractivity contribution in [1.29, 1.82) is 0 Å². The highest BCUT2D eigenvalue weighted by atomic mass is 19.4. The average Bonchev–Trinajstić information content (AvgIpc) is 2.35. The number of carbonyl (C=O) groups excluding carboxylic acids is 2. The first kappa shape index (κ1) is 14.7. The third-order valence-electron chi connectivity index (χ3n) is 3.04. The van der Waals surface area contributed by atoms with Gasteiger partial charge in [0.15, 0.2) is 0 Å². The van der Waals surface area contributed by atoms with Crippen LogP contribution in [0.4, 0.5) is 13.2 Å². The van der Waals surface area contributed by atoms with E-state index in [-0.39, 0.29) is 25.5 Å². The zero-order valence-corrected chi connectivity index (χ0v) is 10.0. The summed E-state index contributed by atoms with van der Waals surface area (Å²) >= 11 is 0. The Bertz CT molecular complexity index is 333. The molecule has 0 aromatic carbocycles. The normalized spacial score (nSPS) is 20.7. The number of hydrogen-bond acceptors (Lipinski definition) is 3. The quantitative estimate of drug-likeness (QED) is 0.763. The van der Waals surface area contributed by atoms with E-state index < -0.39 is 18.1 Å². The van der Waals surface area contributed by atoms with Crippen molar-refractivity contribution in [1.82, 2.24) is 9.80 Å². The van der Waals surface area contributed by atoms with Crippen LogP contribution in [0.25, 0.3) is 0 Å². The summed E-state index contributed by atoms with van der Waals surface area (Å²) in [4.78, 5) is 24.5. The molecule has 1 atom stereocenters. The second kappa shape index (κ2) is 5.55. The molecule has 1 heterocycles. The van der Waals surface area contributed by atoms with Crippen LogP contribution in [0.5, 0.6) is 0 Å². The molecule has 1 aliphatic rings. The molecule has 1 fully saturated rings. The second-order valence-corrected chi connectivity index (χ2v) is 4.25. The molecule has 2 N–H and O–H groups in total. The Morgan fingerprint density at radius 1 is 1.44 bits per heavy atom. The SMILES string of the molecule is CN(C(=O)CN)C1CCCN(C(=O)C(F)(F)F)C1. The van der Waals surface area contributed by atoms with E-state index in [1.165, 1.54) is 11.9 Å². The minimum atomic E-state index is -4.86. The van der Waals surface area contributed by atoms with Gasteiger partial charge in [-0.25, -0.2) is 0 Å². The first-order valence-corrected chi connectivity index (χ1v) is 5.59. The van der Waals surface area contributed by atoms with Crippen LogP contribution in [0.3, 0.4) is 0 Å². The molecule has 0 aromatic rings. The molecular weight excluding hydrogens is 251 g/mol. The van der Waals surface area contributed by atoms with Crippen LogP contribution in [0.15, 0.2) is 0 Å². The molecule has 1 rings (SSSR count). The molecule has 0 spiro atoms. The fourth-order valence-electron chi connectivity index (χ4n) is 1.98. The van der Waals surface area contributed by atoms with Gasteiger partial charge in [-0.2, -0.15) is 13.2 Å². The molecule has 1 saturated heterocycles. The van der Waals surface area contributed by atoms with Crippen LogP contribution in [-0.4, -0.2) is 60.5 Å². The van der Waals surface area contributed by atoms with Crippen molar-refractivity contribution < 1.29 is 22.8 Å². The predicted molar refractivity (Wildman–Crippen MR) is 57.5 cm³/mol. The monoisotopic (exact) mass is 267 g/mol. The molecular formula is C10H16F3N3O2. The van der Waals surface area contributed by atoms with Gasteiger partial charge in [0.05, 0.1) is 6.54 Å². The lowest BCUT2D eigenvalue weighted by Crippen LogP contribution is -2.53. The number of hydrogen-bond donors (Lipinski definition) is 1. The standard InChI is InChI=1S/C10H16F3N3O2/c1-15(8(17)5-14)7-3-2-4-16(6-7)9(18)10(11,12)13/h7H,2-6,14H2,1H3. The summed E-state index contributed by atoms with van der Waals surface area (Å²) in [7, 11) is 1.49. The number of alkyl halides is 3. The molecule has 5 nitrogen and oxygen atoms in total. The first-order valence-electron chi connectivity index (χ1n) is 5.59. The minimum Gasteiger partial charge on any atom is -0.340 e. The molecule has 1 aliphatic heterocycles. The number of rotatable bonds is 2. The van der Waals surface area contributed by atoms with Gasteiger partial charge >= 0.3 is 12.1 Å². The van der Waals surface area contributed by atoms with Crippen molar-refractivity contribution in [2.24, 2.45) is 5.73 Å². The largest absolute Gasteiger partial charge is 0.471 e. The maximum absolute atomic E-state index is 12.3. The van der Waals surface area contributed by atoms with E-state index in [1.54, 1.807) is 0 Å². The summed E-state index contributed by atoms with van der Waals surface area (Å²) in [6, 6.07) is -0.402. The Morgan fingerprint density at radius 3 is 2.56 bits per heavy atom. The number of nitrogens with two attached hydrogens (primary N) is 1. The van der Waals surface area contributed by atoms with Gasteiger partial charge in [0, 0.05) is 26.2 Å². The van der Waals surface area contributed by atoms with E-state index in [1.807, 2.05) is 0 Å². The van der Waals surface area contributed by atoms with Crippen molar-refractivity contribution >= 4 is 11.8 Å². The van der Waals surface area contributed by atoms with Gasteiger partial charge in [0.2, 0.25) is 5.91 Å². The number of halogens is 3. The third kappa shape index (κ3) is 3.34. The molecule has 0 bridgehead atoms. The molecule has 8 heteroatoms. The summed E-state index contributed by atoms with van der Waals surface area (Å²) < 4.78 is 36.9. The fraction of sp³-hybridized carbons (Fsp3) is 0.800. The number of carbonyl (C=O) groups is 2. The maximum Gasteiger partial charge on any atom is 0.471 e. The Labute approximate surface area is 103 Å². The molecule has 0 aliphatic carbocycles. The topological polar surface area (TPSA) is 66.6 Å². The van der Waals surface area contributed by atoms with Gasteiger partial charge < -0.3 is 15.5 Å². The summed E-state index contributed by atoms with van der Waals surface area (Å²) in [5.41, 5.74) is 5.19. The van der Waals surface area contributed by atoms with E-state index >= 15 is 0 Å². The minimum absolute atomic E-state index is 0.0689. The van der Waals surface area contributed by atoms with Crippen molar-refractivity contribution in [2.75, 3.05) is 26.7 Å². The maximum atomic E-state index is 12.3. The van der Waals surface area contributed by atoms with Gasteiger partial charge in [-0.15, -0.1) is 0 Å². The van der Waals surface area contributed by atoms with Crippen LogP contribution < -0.4 is 5.73 Å². The second-order valence-electron chi connectivity index (χ2n) is 4.25. The van der Waals surface area contributed by atoms with Crippen LogP contribution in [0.1, 0.15) is 12.8 Å². The lowest BCUT2D eigenvalue weighted by atomic mass is 10.0. The summed E-state index contributed by atoms with van der Waals surface area (Å²) in [6.45, 7) is -0.222. The molecule has 0 saturated carbocycles. The summed E-state index contributed by atoms with van der Waals surface area (Å²) in [6.07, 6.45) is -3.85. The number of amides is 2. The molecule has 18 heavy (non-hydrogen) atoms. The number of likely N-dealkylation sites (N-methyl/N-ethyl adjacent to an activating group) is 1. The fourth-order valence-corrected chi connectivity index (χ4v) is 1.98. The smallest absolute Gasteiger partial charge is 0.340 e. The zero-order chi connectivity index (χ0) is 13.9. The van der Waals surface area contributed by atoms with E-state index in [0.717, 1.165) is 4.90 Å². The van der Waals surface area contributed by atoms with E-state index in [0.29, 0.717) is 12.8 Å². The summed E-state index contributed by atoms with van der Waals surface area (Å²) in [5, 5.41) is 0. The molecule has 104 valence electrons. The van der Waals surface area contributed by atoms with Crippen LogP contribution in [-0.2, 0) is 9.59 Å². The Hall–Kier alpha value is -1.31. The molecule has 0 radical (unpaired) electrons. The van der Waals surface area contributed by atoms with Crippen molar-refractivity contribution in [2.45, 2.75) is 25.1 Å². The Morgan fingerprint density at radius 2 is 2.06 bits per heavy atom. The number of piperidine rings is 1. The van der Waals surface area contributed by atoms with E-state index in [9.17, 15) is 22.8 Å². The summed E-state index contributed by atoms with van der Waals surface area (Å²) in [5.74, 6) is -2.19. The lowest BCUT2D eigenvalue weighted by molar-refractivity contribution is -0.187. The molecule has 1 unspecified atom stereocenters. The van der Waals surface area contributed by atoms with Crippen molar-refractivity contribution in [3.63, 3.8) is 0 Å². The highest BCUT2D eigenvalue weighted by Gasteiger charge is 2.44. The van der Waals surface area contributed by atoms with Gasteiger partial charge in [-0.05, 0) is 12.8 Å². The Kier molecular flexibility index (Phi) is 4.55. The predicted octanol–water partition coefficient (Wildman–Crippen LogP) is -0.0432. The van der Waals surface area contributed by atoms with Crippen LogP contribution in [0.2, 0.25) is 0 Å². The van der Waals surface area contributed by atoms with Gasteiger partial charge in [0.25, 0.3) is 0 Å². The Balaban J connectivity index is 2.67. The lowest BCUT2D eigenvalue weighted by Gasteiger charge is -2.37. The average molecular weight is 267 g/mol. The van der Waals surface area contributed by atoms with Crippen LogP contribution >= 0.6 is 0 Å². The van der Waals surface area contributed by atoms with Gasteiger partial charge in [-0.1, -0.05) is 0 Å². The van der Waals surface area contributed by atoms with E-state index in [4.69, 9.17) is 5.73 Å². The third-order valence-corrected chi connectivity index (χ3v) is 3.04. The van der Waals surface area contributed by atoms with E-state index in [2.05, 4.69) is 0 Å². The van der Waals surface area contributed by atoms with Gasteiger partial charge in [-0.3, -0.25) is 9.59 Å². The molecule has 2 amide bonds. The van der Waals surface area contributed by atoms with Crippen LogP contribution in [0, 0.1) is 0 Å². The zero-order valence-electron chi connectivity index (χ0n) is 10.0. The number of nitrogens with zero attached hydrogens (tertiary/aromatic N) is 2. The van der Waals surface area contributed by atoms with Gasteiger partial charge in [0.1, 0.15) is 0 Å². The van der Waals surface area contributed by atoms with Crippen molar-refractivity contribution in [3.8, 4) is 0 Å². The first-order chi connectivity index (χ1) is 8.27. The molecule has 0 aromatic heterocycles. The highest BCUT2D eigenvalue weighted by Crippen LogP contribution is 2.22. The van der Waals surface area contributed by atoms with Crippen molar-refractivity contribution in [3.05, 3.63) is 0 Å². The highest BCUT2D eigenvalue weighted by molar-refractivity contribution is 5.82.